The molecule has 2 aromatic heterocycles. The number of nitrogens with one attached hydrogen (secondary N) is 1. The van der Waals surface area contributed by atoms with Crippen LogP contribution in [0.25, 0.3) is 11.5 Å². The molecule has 1 N–H and O–H groups in total. The highest BCUT2D eigenvalue weighted by atomic mass is 16.5. The van der Waals surface area contributed by atoms with Crippen molar-refractivity contribution in [1.29, 1.82) is 5.26 Å². The number of anilines is 1. The third-order valence-corrected chi connectivity index (χ3v) is 5.00. The van der Waals surface area contributed by atoms with Crippen molar-refractivity contribution in [2.75, 3.05) is 31.1 Å². The topological polar surface area (TPSA) is 74.6 Å². The molecule has 0 saturated carbocycles. The number of nitriles is 1. The van der Waals surface area contributed by atoms with E-state index in [0.29, 0.717) is 35.3 Å². The van der Waals surface area contributed by atoms with E-state index in [-0.39, 0.29) is 0 Å². The van der Waals surface area contributed by atoms with E-state index in [0.717, 1.165) is 31.9 Å². The van der Waals surface area contributed by atoms with Crippen LogP contribution in [-0.2, 0) is 6.61 Å². The first-order chi connectivity index (χ1) is 13.6. The van der Waals surface area contributed by atoms with Crippen LogP contribution in [0.3, 0.4) is 0 Å². The molecule has 0 radical (unpaired) electrons. The van der Waals surface area contributed by atoms with Gasteiger partial charge in [-0.3, -0.25) is 0 Å². The van der Waals surface area contributed by atoms with Gasteiger partial charge in [-0.1, -0.05) is 6.07 Å². The molecule has 6 nitrogen and oxygen atoms in total. The molecule has 0 spiro atoms. The number of furan rings is 2. The lowest BCUT2D eigenvalue weighted by atomic mass is 10.1. The third-order valence-electron chi connectivity index (χ3n) is 5.00. The Morgan fingerprint density at radius 3 is 2.61 bits per heavy atom. The van der Waals surface area contributed by atoms with Gasteiger partial charge >= 0.3 is 0 Å². The van der Waals surface area contributed by atoms with Crippen molar-refractivity contribution in [3.8, 4) is 23.3 Å². The lowest BCUT2D eigenvalue weighted by Crippen LogP contribution is -2.43. The number of hydrogen-bond donors (Lipinski definition) is 1. The van der Waals surface area contributed by atoms with Crippen LogP contribution in [0.1, 0.15) is 22.5 Å². The molecule has 28 heavy (non-hydrogen) atoms. The van der Waals surface area contributed by atoms with Gasteiger partial charge < -0.3 is 23.8 Å². The van der Waals surface area contributed by atoms with Gasteiger partial charge in [-0.2, -0.15) is 5.26 Å². The summed E-state index contributed by atoms with van der Waals surface area (Å²) in [6.07, 6.45) is 0. The van der Waals surface area contributed by atoms with Gasteiger partial charge in [-0.05, 0) is 49.2 Å². The number of nitrogens with zero attached hydrogens (tertiary/aromatic N) is 2. The number of ether oxygens (including phenoxy) is 1. The molecule has 0 bridgehead atoms. The van der Waals surface area contributed by atoms with Crippen LogP contribution in [0.4, 0.5) is 5.88 Å². The SMILES string of the molecule is Cc1ccc(OCc2ccc(-c3cc(C#N)c(N4CCNCC4)o3)o2)cc1C. The van der Waals surface area contributed by atoms with E-state index < -0.39 is 0 Å². The molecule has 1 saturated heterocycles. The molecule has 0 amide bonds. The van der Waals surface area contributed by atoms with E-state index in [1.54, 1.807) is 6.07 Å². The molecule has 3 heterocycles. The summed E-state index contributed by atoms with van der Waals surface area (Å²) >= 11 is 0. The van der Waals surface area contributed by atoms with Crippen LogP contribution < -0.4 is 15.0 Å². The van der Waals surface area contributed by atoms with E-state index in [1.807, 2.05) is 30.3 Å². The Hall–Kier alpha value is -3.17. The summed E-state index contributed by atoms with van der Waals surface area (Å²) in [6, 6.07) is 13.7. The van der Waals surface area contributed by atoms with Crippen LogP contribution >= 0.6 is 0 Å². The molecule has 1 aliphatic heterocycles. The Labute approximate surface area is 164 Å². The zero-order valence-corrected chi connectivity index (χ0v) is 16.1. The highest BCUT2D eigenvalue weighted by molar-refractivity contribution is 5.63. The predicted octanol–water partition coefficient (Wildman–Crippen LogP) is 4.02. The second-order valence-corrected chi connectivity index (χ2v) is 6.98. The van der Waals surface area contributed by atoms with Crippen LogP contribution in [0, 0.1) is 25.2 Å². The summed E-state index contributed by atoms with van der Waals surface area (Å²) in [5.41, 5.74) is 2.96. The van der Waals surface area contributed by atoms with Gasteiger partial charge in [0.15, 0.2) is 11.5 Å². The van der Waals surface area contributed by atoms with Crippen molar-refractivity contribution in [3.63, 3.8) is 0 Å². The number of rotatable bonds is 5. The van der Waals surface area contributed by atoms with Gasteiger partial charge in [-0.25, -0.2) is 0 Å². The third kappa shape index (κ3) is 3.75. The molecule has 1 aromatic carbocycles. The van der Waals surface area contributed by atoms with Gasteiger partial charge in [0.05, 0.1) is 0 Å². The largest absolute Gasteiger partial charge is 0.486 e. The Morgan fingerprint density at radius 1 is 1.04 bits per heavy atom. The molecule has 1 fully saturated rings. The minimum absolute atomic E-state index is 0.332. The number of benzene rings is 1. The zero-order valence-electron chi connectivity index (χ0n) is 16.1. The first-order valence-electron chi connectivity index (χ1n) is 9.43. The van der Waals surface area contributed by atoms with Crippen molar-refractivity contribution in [2.24, 2.45) is 0 Å². The average Bonchev–Trinajstić information content (AvgIpc) is 3.36. The molecule has 0 atom stereocenters. The molecule has 1 aliphatic rings. The lowest BCUT2D eigenvalue weighted by molar-refractivity contribution is 0.271. The second kappa shape index (κ2) is 7.83. The molecular weight excluding hydrogens is 354 g/mol. The molecule has 144 valence electrons. The van der Waals surface area contributed by atoms with Crippen molar-refractivity contribution in [3.05, 3.63) is 58.8 Å². The Morgan fingerprint density at radius 2 is 1.86 bits per heavy atom. The number of hydrogen-bond acceptors (Lipinski definition) is 6. The maximum Gasteiger partial charge on any atom is 0.214 e. The smallest absolute Gasteiger partial charge is 0.214 e. The quantitative estimate of drug-likeness (QED) is 0.724. The Balaban J connectivity index is 1.48. The average molecular weight is 377 g/mol. The molecule has 6 heteroatoms. The van der Waals surface area contributed by atoms with Gasteiger partial charge in [0, 0.05) is 32.2 Å². The normalized spacial score (nSPS) is 14.1. The van der Waals surface area contributed by atoms with Crippen molar-refractivity contribution in [1.82, 2.24) is 5.32 Å². The number of piperazine rings is 1. The van der Waals surface area contributed by atoms with Gasteiger partial charge in [-0.15, -0.1) is 0 Å². The summed E-state index contributed by atoms with van der Waals surface area (Å²) < 4.78 is 17.7. The fourth-order valence-electron chi connectivity index (χ4n) is 3.23. The van der Waals surface area contributed by atoms with Gasteiger partial charge in [0.25, 0.3) is 0 Å². The number of aryl methyl sites for hydroxylation is 2. The minimum atomic E-state index is 0.332. The zero-order chi connectivity index (χ0) is 19.5. The van der Waals surface area contributed by atoms with Gasteiger partial charge in [0.1, 0.15) is 29.7 Å². The Kier molecular flexibility index (Phi) is 5.09. The van der Waals surface area contributed by atoms with Crippen LogP contribution in [0.15, 0.2) is 45.2 Å². The van der Waals surface area contributed by atoms with Crippen LogP contribution in [0.5, 0.6) is 5.75 Å². The Bertz CT molecular complexity index is 1010. The monoisotopic (exact) mass is 377 g/mol. The summed E-state index contributed by atoms with van der Waals surface area (Å²) in [7, 11) is 0. The summed E-state index contributed by atoms with van der Waals surface area (Å²) in [6.45, 7) is 7.85. The van der Waals surface area contributed by atoms with E-state index in [9.17, 15) is 5.26 Å². The predicted molar refractivity (Wildman–Crippen MR) is 106 cm³/mol. The minimum Gasteiger partial charge on any atom is -0.486 e. The molecule has 0 unspecified atom stereocenters. The van der Waals surface area contributed by atoms with Crippen LogP contribution in [0.2, 0.25) is 0 Å². The van der Waals surface area contributed by atoms with E-state index >= 15 is 0 Å². The highest BCUT2D eigenvalue weighted by Crippen LogP contribution is 2.32. The first kappa shape index (κ1) is 18.2. The standard InChI is InChI=1S/C22H23N3O3/c1-15-3-4-18(11-16(15)2)26-14-19-5-6-20(27-19)21-12-17(13-23)22(28-21)25-9-7-24-8-10-25/h3-6,11-12,24H,7-10,14H2,1-2H3. The fourth-order valence-corrected chi connectivity index (χ4v) is 3.23. The van der Waals surface area contributed by atoms with Crippen molar-refractivity contribution in [2.45, 2.75) is 20.5 Å². The maximum absolute atomic E-state index is 9.46. The highest BCUT2D eigenvalue weighted by Gasteiger charge is 2.21. The molecule has 0 aliphatic carbocycles. The first-order valence-corrected chi connectivity index (χ1v) is 9.43. The fraction of sp³-hybridized carbons (Fsp3) is 0.318. The summed E-state index contributed by atoms with van der Waals surface area (Å²) in [4.78, 5) is 2.09. The van der Waals surface area contributed by atoms with E-state index in [4.69, 9.17) is 13.6 Å². The summed E-state index contributed by atoms with van der Waals surface area (Å²) in [5.74, 6) is 3.28. The van der Waals surface area contributed by atoms with E-state index in [1.165, 1.54) is 11.1 Å². The van der Waals surface area contributed by atoms with Gasteiger partial charge in [0.2, 0.25) is 5.88 Å². The van der Waals surface area contributed by atoms with Crippen molar-refractivity contribution < 1.29 is 13.6 Å². The molecule has 3 aromatic rings. The second-order valence-electron chi connectivity index (χ2n) is 6.98. The van der Waals surface area contributed by atoms with Crippen molar-refractivity contribution >= 4 is 5.88 Å². The maximum atomic E-state index is 9.46. The molecule has 4 rings (SSSR count). The lowest BCUT2D eigenvalue weighted by Gasteiger charge is -2.27. The molecular formula is C22H23N3O3. The summed E-state index contributed by atoms with van der Waals surface area (Å²) in [5, 5.41) is 12.8. The van der Waals surface area contributed by atoms with E-state index in [2.05, 4.69) is 30.1 Å². The van der Waals surface area contributed by atoms with Crippen LogP contribution in [-0.4, -0.2) is 26.2 Å².